The first kappa shape index (κ1) is 18.8. The number of carbonyl (C=O) groups excluding carboxylic acids is 4. The van der Waals surface area contributed by atoms with Gasteiger partial charge in [-0.3, -0.25) is 34.1 Å². The third-order valence-corrected chi connectivity index (χ3v) is 5.10. The molecule has 1 unspecified atom stereocenters. The van der Waals surface area contributed by atoms with E-state index in [0.29, 0.717) is 13.1 Å². The van der Waals surface area contributed by atoms with Crippen molar-refractivity contribution in [2.45, 2.75) is 32.4 Å². The zero-order chi connectivity index (χ0) is 20.7. The van der Waals surface area contributed by atoms with Gasteiger partial charge in [-0.2, -0.15) is 5.10 Å². The fourth-order valence-electron chi connectivity index (χ4n) is 3.56. The molecule has 1 atom stereocenters. The van der Waals surface area contributed by atoms with E-state index in [9.17, 15) is 23.6 Å². The summed E-state index contributed by atoms with van der Waals surface area (Å²) in [7, 11) is 0. The predicted octanol–water partition coefficient (Wildman–Crippen LogP) is 0.844. The first-order chi connectivity index (χ1) is 13.9. The van der Waals surface area contributed by atoms with Crippen LogP contribution in [0.3, 0.4) is 0 Å². The Bertz CT molecular complexity index is 1050. The van der Waals surface area contributed by atoms with Crippen molar-refractivity contribution >= 4 is 29.3 Å². The maximum atomic E-state index is 14.5. The number of amides is 4. The van der Waals surface area contributed by atoms with E-state index in [-0.39, 0.29) is 29.7 Å². The second-order valence-corrected chi connectivity index (χ2v) is 6.95. The van der Waals surface area contributed by atoms with Crippen molar-refractivity contribution in [2.75, 3.05) is 11.9 Å². The number of carbonyl (C=O) groups is 4. The second-order valence-electron chi connectivity index (χ2n) is 6.95. The lowest BCUT2D eigenvalue weighted by Gasteiger charge is -2.27. The Morgan fingerprint density at radius 1 is 1.21 bits per heavy atom. The topological polar surface area (TPSA) is 113 Å². The minimum atomic E-state index is -1.08. The summed E-state index contributed by atoms with van der Waals surface area (Å²) in [5, 5.41) is 9.17. The number of nitrogens with one attached hydrogen (secondary N) is 2. The van der Waals surface area contributed by atoms with Crippen LogP contribution in [0.15, 0.2) is 24.4 Å². The zero-order valence-corrected chi connectivity index (χ0v) is 15.6. The Morgan fingerprint density at radius 2 is 1.93 bits per heavy atom. The van der Waals surface area contributed by atoms with Gasteiger partial charge in [0.25, 0.3) is 11.8 Å². The fourth-order valence-corrected chi connectivity index (χ4v) is 3.56. The Hall–Kier alpha value is -3.56. The molecule has 1 aromatic carbocycles. The molecule has 0 aliphatic carbocycles. The van der Waals surface area contributed by atoms with Crippen molar-refractivity contribution < 1.29 is 23.6 Å². The first-order valence-electron chi connectivity index (χ1n) is 9.14. The highest BCUT2D eigenvalue weighted by molar-refractivity contribution is 6.23. The summed E-state index contributed by atoms with van der Waals surface area (Å²) in [4.78, 5) is 49.6. The average Bonchev–Trinajstić information content (AvgIpc) is 3.18. The van der Waals surface area contributed by atoms with E-state index < -0.39 is 35.5 Å². The number of aryl methyl sites for hydroxylation is 1. The molecule has 29 heavy (non-hydrogen) atoms. The molecular formula is C19H18FN5O4. The first-order valence-corrected chi connectivity index (χ1v) is 9.14. The molecule has 2 N–H and O–H groups in total. The summed E-state index contributed by atoms with van der Waals surface area (Å²) in [5.41, 5.74) is 0.978. The van der Waals surface area contributed by atoms with Crippen LogP contribution in [-0.4, -0.2) is 50.9 Å². The van der Waals surface area contributed by atoms with E-state index in [4.69, 9.17) is 0 Å². The van der Waals surface area contributed by atoms with Crippen LogP contribution in [0.2, 0.25) is 0 Å². The van der Waals surface area contributed by atoms with E-state index in [2.05, 4.69) is 15.7 Å². The summed E-state index contributed by atoms with van der Waals surface area (Å²) in [5.74, 6) is -3.24. The molecule has 2 aromatic rings. The molecule has 4 amide bonds. The predicted molar refractivity (Wildman–Crippen MR) is 98.5 cm³/mol. The van der Waals surface area contributed by atoms with E-state index >= 15 is 0 Å². The van der Waals surface area contributed by atoms with Gasteiger partial charge in [0.1, 0.15) is 11.9 Å². The molecule has 2 aliphatic rings. The van der Waals surface area contributed by atoms with Crippen LogP contribution in [0.25, 0.3) is 0 Å². The van der Waals surface area contributed by atoms with Crippen molar-refractivity contribution in [3.8, 4) is 0 Å². The van der Waals surface area contributed by atoms with E-state index in [1.54, 1.807) is 10.9 Å². The van der Waals surface area contributed by atoms with Gasteiger partial charge >= 0.3 is 0 Å². The lowest BCUT2D eigenvalue weighted by atomic mass is 10.0. The number of nitrogens with zero attached hydrogens (tertiary/aromatic N) is 3. The minimum Gasteiger partial charge on any atom is -0.381 e. The number of fused-ring (bicyclic) bond motifs is 1. The monoisotopic (exact) mass is 399 g/mol. The summed E-state index contributed by atoms with van der Waals surface area (Å²) >= 11 is 0. The van der Waals surface area contributed by atoms with Crippen LogP contribution >= 0.6 is 0 Å². The lowest BCUT2D eigenvalue weighted by Crippen LogP contribution is -2.54. The van der Waals surface area contributed by atoms with Crippen LogP contribution in [0.1, 0.15) is 39.3 Å². The molecule has 4 rings (SSSR count). The van der Waals surface area contributed by atoms with Gasteiger partial charge in [-0.05, 0) is 31.5 Å². The van der Waals surface area contributed by atoms with Gasteiger partial charge in [0.15, 0.2) is 0 Å². The molecule has 1 fully saturated rings. The quantitative estimate of drug-likeness (QED) is 0.721. The zero-order valence-electron chi connectivity index (χ0n) is 15.6. The van der Waals surface area contributed by atoms with E-state index in [1.807, 2.05) is 13.0 Å². The molecule has 150 valence electrons. The van der Waals surface area contributed by atoms with Crippen LogP contribution < -0.4 is 10.6 Å². The number of piperidine rings is 1. The smallest absolute Gasteiger partial charge is 0.262 e. The average molecular weight is 399 g/mol. The van der Waals surface area contributed by atoms with Gasteiger partial charge < -0.3 is 5.32 Å². The Labute approximate surface area is 164 Å². The molecular weight excluding hydrogens is 381 g/mol. The Kier molecular flexibility index (Phi) is 4.61. The number of halogens is 1. The number of benzene rings is 1. The molecule has 0 bridgehead atoms. The Morgan fingerprint density at radius 3 is 2.59 bits per heavy atom. The number of aromatic nitrogens is 2. The highest BCUT2D eigenvalue weighted by Gasteiger charge is 2.45. The highest BCUT2D eigenvalue weighted by Crippen LogP contribution is 2.31. The van der Waals surface area contributed by atoms with Gasteiger partial charge in [-0.25, -0.2) is 4.39 Å². The van der Waals surface area contributed by atoms with E-state index in [0.717, 1.165) is 16.7 Å². The number of hydrogen-bond acceptors (Lipinski definition) is 6. The third-order valence-electron chi connectivity index (χ3n) is 5.10. The number of anilines is 1. The van der Waals surface area contributed by atoms with Crippen molar-refractivity contribution in [1.29, 1.82) is 0 Å². The molecule has 3 heterocycles. The molecule has 1 saturated heterocycles. The standard InChI is InChI=1S/C19H18FN5O4/c1-10-4-5-22-24(10)7-6-21-14-9-12-11(8-13(14)20)18(28)25(19(12)29)15-2-3-16(26)23-17(15)27/h4-5,8-9,15,21H,2-3,6-7H2,1H3,(H,23,26,27). The molecule has 9 nitrogen and oxygen atoms in total. The SMILES string of the molecule is Cc1ccnn1CCNc1cc2c(cc1F)C(=O)N(C1CCC(=O)NC1=O)C2=O. The van der Waals surface area contributed by atoms with Crippen molar-refractivity contribution in [2.24, 2.45) is 0 Å². The summed E-state index contributed by atoms with van der Waals surface area (Å²) in [6, 6.07) is 3.06. The molecule has 0 radical (unpaired) electrons. The molecule has 1 aromatic heterocycles. The normalized spacial score (nSPS) is 18.8. The summed E-state index contributed by atoms with van der Waals surface area (Å²) in [6.45, 7) is 2.75. The molecule has 0 spiro atoms. The lowest BCUT2D eigenvalue weighted by molar-refractivity contribution is -0.136. The number of rotatable bonds is 5. The Balaban J connectivity index is 1.53. The van der Waals surface area contributed by atoms with Crippen LogP contribution in [0, 0.1) is 12.7 Å². The maximum absolute atomic E-state index is 14.5. The number of imide groups is 2. The second kappa shape index (κ2) is 7.12. The molecule has 10 heteroatoms. The highest BCUT2D eigenvalue weighted by atomic mass is 19.1. The maximum Gasteiger partial charge on any atom is 0.262 e. The fraction of sp³-hybridized carbons (Fsp3) is 0.316. The summed E-state index contributed by atoms with van der Waals surface area (Å²) in [6.07, 6.45) is 1.74. The van der Waals surface area contributed by atoms with Crippen LogP contribution in [0.4, 0.5) is 10.1 Å². The van der Waals surface area contributed by atoms with Gasteiger partial charge in [0.05, 0.1) is 23.4 Å². The largest absolute Gasteiger partial charge is 0.381 e. The van der Waals surface area contributed by atoms with Gasteiger partial charge in [0, 0.05) is 24.9 Å². The van der Waals surface area contributed by atoms with Gasteiger partial charge in [-0.15, -0.1) is 0 Å². The third kappa shape index (κ3) is 3.26. The van der Waals surface area contributed by atoms with Crippen molar-refractivity contribution in [3.05, 3.63) is 47.0 Å². The van der Waals surface area contributed by atoms with Crippen LogP contribution in [0.5, 0.6) is 0 Å². The van der Waals surface area contributed by atoms with Gasteiger partial charge in [-0.1, -0.05) is 0 Å². The van der Waals surface area contributed by atoms with E-state index in [1.165, 1.54) is 6.07 Å². The molecule has 2 aliphatic heterocycles. The van der Waals surface area contributed by atoms with Crippen molar-refractivity contribution in [3.63, 3.8) is 0 Å². The van der Waals surface area contributed by atoms with Gasteiger partial charge in [0.2, 0.25) is 11.8 Å². The summed E-state index contributed by atoms with van der Waals surface area (Å²) < 4.78 is 16.2. The molecule has 0 saturated carbocycles. The van der Waals surface area contributed by atoms with Crippen molar-refractivity contribution in [1.82, 2.24) is 20.0 Å². The van der Waals surface area contributed by atoms with Crippen LogP contribution in [-0.2, 0) is 16.1 Å². The number of hydrogen-bond donors (Lipinski definition) is 2. The minimum absolute atomic E-state index is 0.0256.